The molecule has 20 heavy (non-hydrogen) atoms. The smallest absolute Gasteiger partial charge is 0.338 e. The van der Waals surface area contributed by atoms with E-state index in [0.717, 1.165) is 23.1 Å². The normalized spacial score (nSPS) is 10.1. The maximum atomic E-state index is 11.8. The number of hydrogen-bond acceptors (Lipinski definition) is 2. The molecule has 0 aromatic heterocycles. The molecular weight excluding hydrogens is 248 g/mol. The highest BCUT2D eigenvalue weighted by Crippen LogP contribution is 2.31. The van der Waals surface area contributed by atoms with E-state index in [4.69, 9.17) is 4.74 Å². The lowest BCUT2D eigenvalue weighted by molar-refractivity contribution is -0.130. The zero-order chi connectivity index (χ0) is 14.5. The van der Waals surface area contributed by atoms with Gasteiger partial charge in [-0.15, -0.1) is 0 Å². The summed E-state index contributed by atoms with van der Waals surface area (Å²) in [6.07, 6.45) is 0.896. The highest BCUT2D eigenvalue weighted by Gasteiger charge is 2.12. The second-order valence-electron chi connectivity index (χ2n) is 4.72. The van der Waals surface area contributed by atoms with Crippen LogP contribution in [-0.4, -0.2) is 5.97 Å². The highest BCUT2D eigenvalue weighted by molar-refractivity contribution is 5.90. The van der Waals surface area contributed by atoms with Crippen molar-refractivity contribution in [1.29, 1.82) is 0 Å². The van der Waals surface area contributed by atoms with E-state index in [-0.39, 0.29) is 0 Å². The first-order valence-electron chi connectivity index (χ1n) is 6.68. The van der Waals surface area contributed by atoms with E-state index in [0.29, 0.717) is 11.3 Å². The van der Waals surface area contributed by atoms with Gasteiger partial charge in [-0.2, -0.15) is 0 Å². The predicted octanol–water partition coefficient (Wildman–Crippen LogP) is 4.40. The Morgan fingerprint density at radius 1 is 1.15 bits per heavy atom. The fraction of sp³-hybridized carbons (Fsp3) is 0.167. The van der Waals surface area contributed by atoms with Crippen LogP contribution in [0.25, 0.3) is 11.1 Å². The summed E-state index contributed by atoms with van der Waals surface area (Å²) in [4.78, 5) is 11.8. The lowest BCUT2D eigenvalue weighted by atomic mass is 10.0. The molecule has 2 aromatic carbocycles. The van der Waals surface area contributed by atoms with Crippen LogP contribution in [0.5, 0.6) is 5.75 Å². The van der Waals surface area contributed by atoms with Crippen LogP contribution >= 0.6 is 0 Å². The molecule has 0 unspecified atom stereocenters. The Hall–Kier alpha value is -2.35. The van der Waals surface area contributed by atoms with Gasteiger partial charge in [0, 0.05) is 11.1 Å². The van der Waals surface area contributed by atoms with E-state index >= 15 is 0 Å². The van der Waals surface area contributed by atoms with Gasteiger partial charge >= 0.3 is 5.97 Å². The summed E-state index contributed by atoms with van der Waals surface area (Å²) in [6, 6.07) is 15.9. The predicted molar refractivity (Wildman–Crippen MR) is 81.7 cm³/mol. The van der Waals surface area contributed by atoms with Crippen LogP contribution in [0.15, 0.2) is 60.7 Å². The molecule has 2 heteroatoms. The van der Waals surface area contributed by atoms with Crippen LogP contribution in [0.3, 0.4) is 0 Å². The van der Waals surface area contributed by atoms with Crippen LogP contribution < -0.4 is 4.74 Å². The van der Waals surface area contributed by atoms with Gasteiger partial charge in [0.25, 0.3) is 0 Å². The Kier molecular flexibility index (Phi) is 4.36. The number of ether oxygens (including phenoxy) is 1. The van der Waals surface area contributed by atoms with Crippen molar-refractivity contribution in [2.75, 3.05) is 0 Å². The monoisotopic (exact) mass is 266 g/mol. The van der Waals surface area contributed by atoms with E-state index in [1.807, 2.05) is 42.5 Å². The van der Waals surface area contributed by atoms with Gasteiger partial charge < -0.3 is 4.74 Å². The number of carbonyl (C=O) groups is 1. The molecule has 0 aliphatic rings. The van der Waals surface area contributed by atoms with Crippen LogP contribution in [0.2, 0.25) is 0 Å². The van der Waals surface area contributed by atoms with Crippen molar-refractivity contribution in [1.82, 2.24) is 0 Å². The van der Waals surface area contributed by atoms with Gasteiger partial charge in [0.05, 0.1) is 0 Å². The number of carbonyl (C=O) groups excluding carboxylic acids is 1. The molecular formula is C18H18O2. The second-order valence-corrected chi connectivity index (χ2v) is 4.72. The molecule has 0 saturated heterocycles. The van der Waals surface area contributed by atoms with Crippen molar-refractivity contribution in [2.24, 2.45) is 0 Å². The Labute approximate surface area is 119 Å². The fourth-order valence-electron chi connectivity index (χ4n) is 1.91. The van der Waals surface area contributed by atoms with E-state index in [1.54, 1.807) is 6.92 Å². The van der Waals surface area contributed by atoms with Gasteiger partial charge in [-0.3, -0.25) is 0 Å². The third-order valence-corrected chi connectivity index (χ3v) is 3.09. The molecule has 0 N–H and O–H groups in total. The molecule has 0 spiro atoms. The Morgan fingerprint density at radius 3 is 2.45 bits per heavy atom. The number of benzene rings is 2. The molecule has 0 radical (unpaired) electrons. The molecule has 2 aromatic rings. The molecule has 0 bridgehead atoms. The summed E-state index contributed by atoms with van der Waals surface area (Å²) in [5, 5.41) is 0. The van der Waals surface area contributed by atoms with Crippen molar-refractivity contribution >= 4 is 5.97 Å². The van der Waals surface area contributed by atoms with Crippen molar-refractivity contribution in [2.45, 2.75) is 20.3 Å². The average Bonchev–Trinajstić information content (AvgIpc) is 2.48. The van der Waals surface area contributed by atoms with Crippen molar-refractivity contribution in [3.8, 4) is 16.9 Å². The summed E-state index contributed by atoms with van der Waals surface area (Å²) < 4.78 is 5.47. The van der Waals surface area contributed by atoms with E-state index < -0.39 is 5.97 Å². The zero-order valence-electron chi connectivity index (χ0n) is 11.8. The van der Waals surface area contributed by atoms with Crippen LogP contribution in [-0.2, 0) is 11.2 Å². The molecule has 0 atom stereocenters. The molecule has 0 aliphatic carbocycles. The number of aryl methyl sites for hydroxylation is 1. The second kappa shape index (κ2) is 6.20. The number of rotatable bonds is 4. The molecule has 0 amide bonds. The van der Waals surface area contributed by atoms with Crippen LogP contribution in [0, 0.1) is 0 Å². The maximum Gasteiger partial charge on any atom is 0.338 e. The van der Waals surface area contributed by atoms with Gasteiger partial charge in [-0.1, -0.05) is 56.0 Å². The summed E-state index contributed by atoms with van der Waals surface area (Å²) >= 11 is 0. The number of hydrogen-bond donors (Lipinski definition) is 0. The van der Waals surface area contributed by atoms with Crippen molar-refractivity contribution in [3.63, 3.8) is 0 Å². The van der Waals surface area contributed by atoms with E-state index in [1.165, 1.54) is 0 Å². The molecule has 2 nitrogen and oxygen atoms in total. The van der Waals surface area contributed by atoms with Gasteiger partial charge in [0.15, 0.2) is 0 Å². The van der Waals surface area contributed by atoms with Crippen molar-refractivity contribution < 1.29 is 9.53 Å². The van der Waals surface area contributed by atoms with E-state index in [2.05, 4.69) is 19.6 Å². The van der Waals surface area contributed by atoms with Gasteiger partial charge in [0.1, 0.15) is 5.75 Å². The first-order chi connectivity index (χ1) is 9.61. The molecule has 2 rings (SSSR count). The molecule has 102 valence electrons. The first kappa shape index (κ1) is 14.1. The van der Waals surface area contributed by atoms with Gasteiger partial charge in [-0.05, 0) is 30.5 Å². The third-order valence-electron chi connectivity index (χ3n) is 3.09. The minimum atomic E-state index is -0.393. The summed E-state index contributed by atoms with van der Waals surface area (Å²) in [5.74, 6) is 0.194. The lowest BCUT2D eigenvalue weighted by Crippen LogP contribution is -2.09. The van der Waals surface area contributed by atoms with Crippen molar-refractivity contribution in [3.05, 3.63) is 66.2 Å². The standard InChI is InChI=1S/C18H18O2/c1-4-14-10-11-16(15-8-6-5-7-9-15)17(12-14)20-18(19)13(2)3/h5-12H,2,4H2,1,3H3. The molecule has 0 aliphatic heterocycles. The largest absolute Gasteiger partial charge is 0.423 e. The van der Waals surface area contributed by atoms with Gasteiger partial charge in [-0.25, -0.2) is 4.79 Å². The first-order valence-corrected chi connectivity index (χ1v) is 6.68. The summed E-state index contributed by atoms with van der Waals surface area (Å²) in [5.41, 5.74) is 3.47. The minimum Gasteiger partial charge on any atom is -0.423 e. The number of esters is 1. The average molecular weight is 266 g/mol. The van der Waals surface area contributed by atoms with Gasteiger partial charge in [0.2, 0.25) is 0 Å². The molecule has 0 heterocycles. The highest BCUT2D eigenvalue weighted by atomic mass is 16.5. The Bertz CT molecular complexity index is 627. The molecule has 0 saturated carbocycles. The van der Waals surface area contributed by atoms with Crippen LogP contribution in [0.1, 0.15) is 19.4 Å². The lowest BCUT2D eigenvalue weighted by Gasteiger charge is -2.12. The summed E-state index contributed by atoms with van der Waals surface area (Å²) in [6.45, 7) is 7.34. The fourth-order valence-corrected chi connectivity index (χ4v) is 1.91. The topological polar surface area (TPSA) is 26.3 Å². The minimum absolute atomic E-state index is 0.393. The third kappa shape index (κ3) is 3.15. The zero-order valence-corrected chi connectivity index (χ0v) is 11.8. The summed E-state index contributed by atoms with van der Waals surface area (Å²) in [7, 11) is 0. The maximum absolute atomic E-state index is 11.8. The van der Waals surface area contributed by atoms with E-state index in [9.17, 15) is 4.79 Å². The van der Waals surface area contributed by atoms with Crippen LogP contribution in [0.4, 0.5) is 0 Å². The SMILES string of the molecule is C=C(C)C(=O)Oc1cc(CC)ccc1-c1ccccc1. The quantitative estimate of drug-likeness (QED) is 0.466. The molecule has 0 fully saturated rings. The Morgan fingerprint density at radius 2 is 1.85 bits per heavy atom. The Balaban J connectivity index is 2.46.